The molecular weight excluding hydrogens is 316 g/mol. The van der Waals surface area contributed by atoms with Crippen LogP contribution >= 0.6 is 7.14 Å². The van der Waals surface area contributed by atoms with E-state index >= 15 is 0 Å². The largest absolute Gasteiger partial charge is 0.338 e. The molecule has 2 aromatic heterocycles. The summed E-state index contributed by atoms with van der Waals surface area (Å²) in [7, 11) is -2.31. The zero-order chi connectivity index (χ0) is 16.6. The average Bonchev–Trinajstić information content (AvgIpc) is 2.89. The van der Waals surface area contributed by atoms with Crippen LogP contribution < -0.4 is 10.6 Å². The molecule has 0 atom stereocenters. The van der Waals surface area contributed by atoms with Gasteiger partial charge < -0.3 is 9.88 Å². The van der Waals surface area contributed by atoms with E-state index in [4.69, 9.17) is 0 Å². The van der Waals surface area contributed by atoms with E-state index in [2.05, 4.69) is 26.8 Å². The number of halogens is 1. The van der Waals surface area contributed by atoms with Crippen molar-refractivity contribution in [3.05, 3.63) is 43.2 Å². The Labute approximate surface area is 132 Å². The van der Waals surface area contributed by atoms with Crippen molar-refractivity contribution in [1.29, 1.82) is 0 Å². The molecule has 23 heavy (non-hydrogen) atoms. The van der Waals surface area contributed by atoms with Crippen molar-refractivity contribution in [3.63, 3.8) is 0 Å². The Balaban J connectivity index is 2.00. The van der Waals surface area contributed by atoms with Crippen molar-refractivity contribution in [3.8, 4) is 0 Å². The molecule has 0 fully saturated rings. The number of benzene rings is 1. The first-order valence-electron chi connectivity index (χ1n) is 6.84. The molecule has 3 rings (SSSR count). The standard InChI is InChI=1S/C15H15FN5OP/c1-4-21-9-17-12-13(19-15(16)20-14(12)21)18-10-5-7-11(8-6-10)23(2,3)22/h4-9H,1H2,2-3H3,(H,18,19,20). The van der Waals surface area contributed by atoms with Gasteiger partial charge in [0.25, 0.3) is 0 Å². The number of imidazole rings is 1. The maximum atomic E-state index is 13.6. The number of rotatable bonds is 4. The molecule has 0 bridgehead atoms. The van der Waals surface area contributed by atoms with Gasteiger partial charge in [0, 0.05) is 17.2 Å². The first-order valence-corrected chi connectivity index (χ1v) is 9.44. The second kappa shape index (κ2) is 5.59. The Hall–Kier alpha value is -2.53. The Kier molecular flexibility index (Phi) is 3.74. The third-order valence-electron chi connectivity index (χ3n) is 3.34. The molecule has 1 aromatic carbocycles. The van der Waals surface area contributed by atoms with Gasteiger partial charge in [-0.3, -0.25) is 4.57 Å². The molecule has 0 aliphatic rings. The molecule has 6 nitrogen and oxygen atoms in total. The minimum atomic E-state index is -2.31. The number of hydrogen-bond donors (Lipinski definition) is 1. The summed E-state index contributed by atoms with van der Waals surface area (Å²) in [5.41, 5.74) is 1.46. The Bertz CT molecular complexity index is 929. The summed E-state index contributed by atoms with van der Waals surface area (Å²) in [6.07, 6.45) is 2.12. The Morgan fingerprint density at radius 2 is 1.96 bits per heavy atom. The van der Waals surface area contributed by atoms with Gasteiger partial charge in [0.2, 0.25) is 0 Å². The highest BCUT2D eigenvalue weighted by Crippen LogP contribution is 2.34. The molecule has 0 aliphatic carbocycles. The Morgan fingerprint density at radius 1 is 1.26 bits per heavy atom. The van der Waals surface area contributed by atoms with E-state index in [1.54, 1.807) is 37.6 Å². The summed E-state index contributed by atoms with van der Waals surface area (Å²) >= 11 is 0. The van der Waals surface area contributed by atoms with E-state index < -0.39 is 13.2 Å². The van der Waals surface area contributed by atoms with Gasteiger partial charge in [0.15, 0.2) is 17.0 Å². The Morgan fingerprint density at radius 3 is 2.57 bits per heavy atom. The first kappa shape index (κ1) is 15.4. The zero-order valence-corrected chi connectivity index (χ0v) is 13.6. The molecule has 0 amide bonds. The molecule has 0 radical (unpaired) electrons. The van der Waals surface area contributed by atoms with Crippen molar-refractivity contribution < 1.29 is 8.96 Å². The fourth-order valence-corrected chi connectivity index (χ4v) is 3.02. The van der Waals surface area contributed by atoms with E-state index in [1.165, 1.54) is 17.1 Å². The molecule has 2 heterocycles. The molecule has 8 heteroatoms. The predicted octanol–water partition coefficient (Wildman–Crippen LogP) is 3.06. The zero-order valence-electron chi connectivity index (χ0n) is 12.7. The molecule has 0 unspecified atom stereocenters. The number of nitrogens with zero attached hydrogens (tertiary/aromatic N) is 4. The second-order valence-electron chi connectivity index (χ2n) is 5.37. The normalized spacial score (nSPS) is 11.6. The second-order valence-corrected chi connectivity index (χ2v) is 8.59. The smallest absolute Gasteiger partial charge is 0.312 e. The van der Waals surface area contributed by atoms with Crippen LogP contribution in [0.2, 0.25) is 0 Å². The molecular formula is C15H15FN5OP. The maximum absolute atomic E-state index is 13.6. The van der Waals surface area contributed by atoms with Crippen LogP contribution in [0.5, 0.6) is 0 Å². The molecule has 0 saturated carbocycles. The SMILES string of the molecule is C=Cn1cnc2c(Nc3ccc(P(C)(C)=O)cc3)nc(F)nc21. The highest BCUT2D eigenvalue weighted by Gasteiger charge is 2.14. The van der Waals surface area contributed by atoms with Crippen LogP contribution in [0, 0.1) is 6.08 Å². The van der Waals surface area contributed by atoms with E-state index in [-0.39, 0.29) is 5.82 Å². The molecule has 3 aromatic rings. The lowest BCUT2D eigenvalue weighted by molar-refractivity contribution is 0.545. The van der Waals surface area contributed by atoms with E-state index in [9.17, 15) is 8.96 Å². The van der Waals surface area contributed by atoms with Crippen molar-refractivity contribution in [2.45, 2.75) is 0 Å². The minimum Gasteiger partial charge on any atom is -0.338 e. The van der Waals surface area contributed by atoms with Gasteiger partial charge >= 0.3 is 6.08 Å². The molecule has 0 saturated heterocycles. The summed E-state index contributed by atoms with van der Waals surface area (Å²) in [5, 5.41) is 3.79. The van der Waals surface area contributed by atoms with Gasteiger partial charge in [-0.15, -0.1) is 0 Å². The fourth-order valence-electron chi connectivity index (χ4n) is 2.15. The summed E-state index contributed by atoms with van der Waals surface area (Å²) in [4.78, 5) is 11.7. The van der Waals surface area contributed by atoms with Crippen molar-refractivity contribution in [1.82, 2.24) is 19.5 Å². The summed E-state index contributed by atoms with van der Waals surface area (Å²) in [6, 6.07) is 7.09. The maximum Gasteiger partial charge on any atom is 0.312 e. The van der Waals surface area contributed by atoms with Gasteiger partial charge in [0.05, 0.1) is 0 Å². The lowest BCUT2D eigenvalue weighted by Crippen LogP contribution is -2.04. The quantitative estimate of drug-likeness (QED) is 0.587. The predicted molar refractivity (Wildman–Crippen MR) is 90.5 cm³/mol. The third-order valence-corrected chi connectivity index (χ3v) is 4.88. The van der Waals surface area contributed by atoms with Gasteiger partial charge in [-0.2, -0.15) is 14.4 Å². The van der Waals surface area contributed by atoms with Crippen molar-refractivity contribution >= 4 is 41.3 Å². The first-order chi connectivity index (χ1) is 10.9. The van der Waals surface area contributed by atoms with Crippen molar-refractivity contribution in [2.75, 3.05) is 18.6 Å². The highest BCUT2D eigenvalue weighted by atomic mass is 31.2. The van der Waals surface area contributed by atoms with Crippen LogP contribution in [0.15, 0.2) is 37.2 Å². The van der Waals surface area contributed by atoms with Crippen LogP contribution in [0.3, 0.4) is 0 Å². The summed E-state index contributed by atoms with van der Waals surface area (Å²) < 4.78 is 27.2. The third kappa shape index (κ3) is 3.00. The summed E-state index contributed by atoms with van der Waals surface area (Å²) in [6.45, 7) is 7.04. The van der Waals surface area contributed by atoms with E-state index in [1.807, 2.05) is 0 Å². The molecule has 0 aliphatic heterocycles. The van der Waals surface area contributed by atoms with E-state index in [0.29, 0.717) is 16.9 Å². The number of nitrogens with one attached hydrogen (secondary N) is 1. The van der Waals surface area contributed by atoms with Crippen LogP contribution in [0.25, 0.3) is 17.4 Å². The lowest BCUT2D eigenvalue weighted by Gasteiger charge is -2.09. The number of aromatic nitrogens is 4. The lowest BCUT2D eigenvalue weighted by atomic mass is 10.3. The van der Waals surface area contributed by atoms with E-state index in [0.717, 1.165) is 5.30 Å². The molecule has 118 valence electrons. The van der Waals surface area contributed by atoms with Crippen LogP contribution in [-0.2, 0) is 4.57 Å². The van der Waals surface area contributed by atoms with Gasteiger partial charge in [0.1, 0.15) is 13.5 Å². The molecule has 1 N–H and O–H groups in total. The van der Waals surface area contributed by atoms with Gasteiger partial charge in [-0.05, 0) is 37.6 Å². The molecule has 0 spiro atoms. The van der Waals surface area contributed by atoms with Gasteiger partial charge in [-0.25, -0.2) is 4.98 Å². The summed E-state index contributed by atoms with van der Waals surface area (Å²) in [5.74, 6) is 0.261. The van der Waals surface area contributed by atoms with Crippen molar-refractivity contribution in [2.24, 2.45) is 0 Å². The van der Waals surface area contributed by atoms with Crippen LogP contribution in [0.1, 0.15) is 0 Å². The minimum absolute atomic E-state index is 0.261. The van der Waals surface area contributed by atoms with Crippen LogP contribution in [0.4, 0.5) is 15.9 Å². The monoisotopic (exact) mass is 331 g/mol. The average molecular weight is 331 g/mol. The number of anilines is 2. The highest BCUT2D eigenvalue weighted by molar-refractivity contribution is 7.70. The van der Waals surface area contributed by atoms with Crippen LogP contribution in [-0.4, -0.2) is 32.8 Å². The topological polar surface area (TPSA) is 72.7 Å². The number of hydrogen-bond acceptors (Lipinski definition) is 5. The number of fused-ring (bicyclic) bond motifs is 1. The fraction of sp³-hybridized carbons (Fsp3) is 0.133. The van der Waals surface area contributed by atoms with Gasteiger partial charge in [-0.1, -0.05) is 6.58 Å².